The van der Waals surface area contributed by atoms with Crippen LogP contribution in [0.4, 0.5) is 5.69 Å². The van der Waals surface area contributed by atoms with Crippen molar-refractivity contribution in [3.8, 4) is 0 Å². The molecule has 2 unspecified atom stereocenters. The van der Waals surface area contributed by atoms with Crippen LogP contribution in [0, 0.1) is 10.5 Å². The maximum absolute atomic E-state index is 3.72. The van der Waals surface area contributed by atoms with E-state index < -0.39 is 0 Å². The zero-order chi connectivity index (χ0) is 14.1. The van der Waals surface area contributed by atoms with Gasteiger partial charge in [0.15, 0.2) is 0 Å². The maximum atomic E-state index is 3.72. The smallest absolute Gasteiger partial charge is 0.0516 e. The van der Waals surface area contributed by atoms with Gasteiger partial charge in [-0.3, -0.25) is 0 Å². The lowest BCUT2D eigenvalue weighted by atomic mass is 9.81. The Morgan fingerprint density at radius 1 is 1.05 bits per heavy atom. The summed E-state index contributed by atoms with van der Waals surface area (Å²) < 4.78 is 1.32. The van der Waals surface area contributed by atoms with Gasteiger partial charge in [0.1, 0.15) is 0 Å². The van der Waals surface area contributed by atoms with E-state index in [1.165, 1.54) is 38.8 Å². The number of anilines is 1. The van der Waals surface area contributed by atoms with E-state index >= 15 is 0 Å². The number of halogens is 1. The van der Waals surface area contributed by atoms with E-state index in [2.05, 4.69) is 84.2 Å². The van der Waals surface area contributed by atoms with Crippen molar-refractivity contribution in [2.24, 2.45) is 0 Å². The van der Waals surface area contributed by atoms with E-state index in [0.717, 1.165) is 0 Å². The number of benzene rings is 2. The SMILES string of the molecule is Cc1ccc(NC2CCC(C)c3ccccc32)cc1I. The number of fused-ring (bicyclic) bond motifs is 1. The molecule has 0 radical (unpaired) electrons. The van der Waals surface area contributed by atoms with Crippen LogP contribution in [0.25, 0.3) is 0 Å². The first-order chi connectivity index (χ1) is 9.65. The van der Waals surface area contributed by atoms with Crippen LogP contribution in [0.3, 0.4) is 0 Å². The average molecular weight is 377 g/mol. The lowest BCUT2D eigenvalue weighted by Gasteiger charge is -2.31. The van der Waals surface area contributed by atoms with E-state index in [1.807, 2.05) is 0 Å². The van der Waals surface area contributed by atoms with E-state index in [0.29, 0.717) is 12.0 Å². The molecule has 0 fully saturated rings. The summed E-state index contributed by atoms with van der Waals surface area (Å²) in [5, 5.41) is 3.72. The van der Waals surface area contributed by atoms with E-state index in [4.69, 9.17) is 0 Å². The van der Waals surface area contributed by atoms with Gasteiger partial charge in [0, 0.05) is 9.26 Å². The van der Waals surface area contributed by atoms with Gasteiger partial charge in [-0.15, -0.1) is 0 Å². The number of rotatable bonds is 2. The molecule has 0 heterocycles. The molecule has 0 aliphatic heterocycles. The fourth-order valence-electron chi connectivity index (χ4n) is 3.04. The predicted octanol–water partition coefficient (Wildman–Crippen LogP) is 5.65. The van der Waals surface area contributed by atoms with Gasteiger partial charge in [-0.25, -0.2) is 0 Å². The van der Waals surface area contributed by atoms with Crippen molar-refractivity contribution in [2.75, 3.05) is 5.32 Å². The summed E-state index contributed by atoms with van der Waals surface area (Å²) in [5.41, 5.74) is 5.56. The van der Waals surface area contributed by atoms with Crippen molar-refractivity contribution in [1.82, 2.24) is 0 Å². The summed E-state index contributed by atoms with van der Waals surface area (Å²) >= 11 is 2.41. The molecule has 1 nitrogen and oxygen atoms in total. The van der Waals surface area contributed by atoms with Gasteiger partial charge < -0.3 is 5.32 Å². The fourth-order valence-corrected chi connectivity index (χ4v) is 3.55. The molecule has 0 spiro atoms. The molecule has 2 atom stereocenters. The zero-order valence-corrected chi connectivity index (χ0v) is 14.1. The molecule has 0 saturated heterocycles. The quantitative estimate of drug-likeness (QED) is 0.667. The molecule has 2 heteroatoms. The van der Waals surface area contributed by atoms with Crippen LogP contribution in [0.15, 0.2) is 42.5 Å². The molecule has 1 aliphatic rings. The largest absolute Gasteiger partial charge is 0.378 e. The lowest BCUT2D eigenvalue weighted by Crippen LogP contribution is -2.19. The van der Waals surface area contributed by atoms with Crippen molar-refractivity contribution < 1.29 is 0 Å². The molecular weight excluding hydrogens is 357 g/mol. The summed E-state index contributed by atoms with van der Waals surface area (Å²) in [4.78, 5) is 0. The third-order valence-corrected chi connectivity index (χ3v) is 5.47. The van der Waals surface area contributed by atoms with E-state index in [9.17, 15) is 0 Å². The summed E-state index contributed by atoms with van der Waals surface area (Å²) in [6, 6.07) is 16.0. The van der Waals surface area contributed by atoms with Gasteiger partial charge in [-0.2, -0.15) is 0 Å². The highest BCUT2D eigenvalue weighted by Gasteiger charge is 2.24. The third kappa shape index (κ3) is 2.71. The van der Waals surface area contributed by atoms with Gasteiger partial charge in [0.05, 0.1) is 6.04 Å². The molecule has 104 valence electrons. The number of hydrogen-bond donors (Lipinski definition) is 1. The third-order valence-electron chi connectivity index (χ3n) is 4.30. The van der Waals surface area contributed by atoms with Crippen LogP contribution in [-0.4, -0.2) is 0 Å². The number of aryl methyl sites for hydroxylation is 1. The molecular formula is C18H20IN. The molecule has 1 N–H and O–H groups in total. The predicted molar refractivity (Wildman–Crippen MR) is 94.4 cm³/mol. The summed E-state index contributed by atoms with van der Waals surface area (Å²) in [7, 11) is 0. The highest BCUT2D eigenvalue weighted by Crippen LogP contribution is 2.38. The van der Waals surface area contributed by atoms with Crippen LogP contribution in [0.5, 0.6) is 0 Å². The van der Waals surface area contributed by atoms with Crippen molar-refractivity contribution in [2.45, 2.75) is 38.6 Å². The second kappa shape index (κ2) is 5.76. The summed E-state index contributed by atoms with van der Waals surface area (Å²) in [6.07, 6.45) is 2.47. The van der Waals surface area contributed by atoms with Crippen LogP contribution in [0.2, 0.25) is 0 Å². The second-order valence-electron chi connectivity index (χ2n) is 5.77. The fraction of sp³-hybridized carbons (Fsp3) is 0.333. The van der Waals surface area contributed by atoms with Crippen molar-refractivity contribution in [3.63, 3.8) is 0 Å². The standard InChI is InChI=1S/C18H20IN/c1-12-8-10-18(16-6-4-3-5-15(12)16)20-14-9-7-13(2)17(19)11-14/h3-7,9,11-12,18,20H,8,10H2,1-2H3. The maximum Gasteiger partial charge on any atom is 0.0516 e. The minimum absolute atomic E-state index is 0.445. The van der Waals surface area contributed by atoms with Gasteiger partial charge >= 0.3 is 0 Å². The molecule has 20 heavy (non-hydrogen) atoms. The monoisotopic (exact) mass is 377 g/mol. The van der Waals surface area contributed by atoms with Gasteiger partial charge in [0.2, 0.25) is 0 Å². The van der Waals surface area contributed by atoms with Crippen LogP contribution >= 0.6 is 22.6 Å². The Balaban J connectivity index is 1.88. The van der Waals surface area contributed by atoms with Crippen LogP contribution < -0.4 is 5.32 Å². The van der Waals surface area contributed by atoms with Crippen LogP contribution in [0.1, 0.15) is 48.4 Å². The first kappa shape index (κ1) is 13.9. The van der Waals surface area contributed by atoms with Crippen molar-refractivity contribution in [1.29, 1.82) is 0 Å². The minimum atomic E-state index is 0.445. The summed E-state index contributed by atoms with van der Waals surface area (Å²) in [5.74, 6) is 0.683. The zero-order valence-electron chi connectivity index (χ0n) is 12.0. The summed E-state index contributed by atoms with van der Waals surface area (Å²) in [6.45, 7) is 4.49. The molecule has 2 aromatic rings. The number of nitrogens with one attached hydrogen (secondary N) is 1. The van der Waals surface area contributed by atoms with Gasteiger partial charge in [-0.1, -0.05) is 37.3 Å². The minimum Gasteiger partial charge on any atom is -0.378 e. The average Bonchev–Trinajstić information content (AvgIpc) is 2.46. The Labute approximate surface area is 134 Å². The Kier molecular flexibility index (Phi) is 4.01. The van der Waals surface area contributed by atoms with Gasteiger partial charge in [-0.05, 0) is 77.1 Å². The first-order valence-corrected chi connectivity index (χ1v) is 8.34. The van der Waals surface area contributed by atoms with Gasteiger partial charge in [0.25, 0.3) is 0 Å². The van der Waals surface area contributed by atoms with Crippen molar-refractivity contribution >= 4 is 28.3 Å². The molecule has 0 bridgehead atoms. The molecule has 2 aromatic carbocycles. The molecule has 3 rings (SSSR count). The number of hydrogen-bond acceptors (Lipinski definition) is 1. The topological polar surface area (TPSA) is 12.0 Å². The highest BCUT2D eigenvalue weighted by atomic mass is 127. The Morgan fingerprint density at radius 3 is 2.55 bits per heavy atom. The molecule has 0 saturated carbocycles. The Morgan fingerprint density at radius 2 is 1.80 bits per heavy atom. The molecule has 0 amide bonds. The van der Waals surface area contributed by atoms with E-state index in [1.54, 1.807) is 0 Å². The first-order valence-electron chi connectivity index (χ1n) is 7.26. The molecule has 0 aromatic heterocycles. The normalized spacial score (nSPS) is 21.4. The van der Waals surface area contributed by atoms with Crippen molar-refractivity contribution in [3.05, 3.63) is 62.7 Å². The second-order valence-corrected chi connectivity index (χ2v) is 6.93. The Bertz CT molecular complexity index is 621. The highest BCUT2D eigenvalue weighted by molar-refractivity contribution is 14.1. The lowest BCUT2D eigenvalue weighted by molar-refractivity contribution is 0.534. The van der Waals surface area contributed by atoms with Crippen LogP contribution in [-0.2, 0) is 0 Å². The van der Waals surface area contributed by atoms with E-state index in [-0.39, 0.29) is 0 Å². The molecule has 1 aliphatic carbocycles. The Hall–Kier alpha value is -1.03.